The Morgan fingerprint density at radius 3 is 2.17 bits per heavy atom. The summed E-state index contributed by atoms with van der Waals surface area (Å²) < 4.78 is 0. The van der Waals surface area contributed by atoms with Crippen LogP contribution in [-0.2, 0) is 0 Å². The van der Waals surface area contributed by atoms with E-state index in [1.807, 2.05) is 0 Å². The van der Waals surface area contributed by atoms with Crippen molar-refractivity contribution >= 4 is 11.6 Å². The molecule has 0 amide bonds. The molecule has 0 aromatic rings. The standard InChI is InChI=1S/C11H21Cl/c1-9(2)10-4-6-11(3,8-12)7-5-10/h9-10H,4-8H2,1-3H3. The van der Waals surface area contributed by atoms with Gasteiger partial charge in [-0.15, -0.1) is 11.6 Å². The minimum Gasteiger partial charge on any atom is -0.126 e. The highest BCUT2D eigenvalue weighted by Crippen LogP contribution is 2.41. The number of alkyl halides is 1. The molecule has 72 valence electrons. The third-order valence-electron chi connectivity index (χ3n) is 3.50. The van der Waals surface area contributed by atoms with Crippen LogP contribution in [0.15, 0.2) is 0 Å². The van der Waals surface area contributed by atoms with Crippen molar-refractivity contribution in [1.29, 1.82) is 0 Å². The van der Waals surface area contributed by atoms with Crippen molar-refractivity contribution in [3.8, 4) is 0 Å². The van der Waals surface area contributed by atoms with Gasteiger partial charge in [-0.25, -0.2) is 0 Å². The lowest BCUT2D eigenvalue weighted by Gasteiger charge is -2.37. The van der Waals surface area contributed by atoms with E-state index in [1.165, 1.54) is 25.7 Å². The summed E-state index contributed by atoms with van der Waals surface area (Å²) >= 11 is 5.95. The molecular formula is C11H21Cl. The van der Waals surface area contributed by atoms with Crippen LogP contribution < -0.4 is 0 Å². The van der Waals surface area contributed by atoms with Crippen LogP contribution in [0.2, 0.25) is 0 Å². The molecule has 0 saturated heterocycles. The van der Waals surface area contributed by atoms with Crippen molar-refractivity contribution in [3.63, 3.8) is 0 Å². The van der Waals surface area contributed by atoms with Crippen LogP contribution in [0.4, 0.5) is 0 Å². The van der Waals surface area contributed by atoms with E-state index in [2.05, 4.69) is 20.8 Å². The zero-order valence-electron chi connectivity index (χ0n) is 8.57. The molecule has 1 heteroatoms. The van der Waals surface area contributed by atoms with E-state index in [4.69, 9.17) is 11.6 Å². The molecule has 0 atom stereocenters. The number of hydrogen-bond acceptors (Lipinski definition) is 0. The third-order valence-corrected chi connectivity index (χ3v) is 4.15. The predicted molar refractivity (Wildman–Crippen MR) is 55.6 cm³/mol. The summed E-state index contributed by atoms with van der Waals surface area (Å²) in [5.74, 6) is 2.67. The van der Waals surface area contributed by atoms with E-state index in [-0.39, 0.29) is 0 Å². The molecule has 1 saturated carbocycles. The van der Waals surface area contributed by atoms with Crippen molar-refractivity contribution in [1.82, 2.24) is 0 Å². The summed E-state index contributed by atoms with van der Waals surface area (Å²) in [6.45, 7) is 7.01. The quantitative estimate of drug-likeness (QED) is 0.573. The van der Waals surface area contributed by atoms with Gasteiger partial charge in [0.2, 0.25) is 0 Å². The van der Waals surface area contributed by atoms with Crippen LogP contribution in [-0.4, -0.2) is 5.88 Å². The van der Waals surface area contributed by atoms with Gasteiger partial charge in [-0.05, 0) is 42.9 Å². The lowest BCUT2D eigenvalue weighted by Crippen LogP contribution is -2.27. The molecule has 0 aromatic carbocycles. The second-order valence-corrected chi connectivity index (χ2v) is 5.29. The zero-order valence-corrected chi connectivity index (χ0v) is 9.32. The molecular weight excluding hydrogens is 168 g/mol. The second kappa shape index (κ2) is 4.00. The van der Waals surface area contributed by atoms with Gasteiger partial charge in [-0.3, -0.25) is 0 Å². The van der Waals surface area contributed by atoms with Gasteiger partial charge in [0.05, 0.1) is 0 Å². The fraction of sp³-hybridized carbons (Fsp3) is 1.00. The Balaban J connectivity index is 2.39. The first-order chi connectivity index (χ1) is 5.57. The molecule has 12 heavy (non-hydrogen) atoms. The Kier molecular flexibility index (Phi) is 3.46. The van der Waals surface area contributed by atoms with Gasteiger partial charge in [0.15, 0.2) is 0 Å². The Labute approximate surface area is 81.7 Å². The number of halogens is 1. The monoisotopic (exact) mass is 188 g/mol. The van der Waals surface area contributed by atoms with Gasteiger partial charge >= 0.3 is 0 Å². The average molecular weight is 189 g/mol. The summed E-state index contributed by atoms with van der Waals surface area (Å²) in [7, 11) is 0. The molecule has 1 rings (SSSR count). The minimum absolute atomic E-state index is 0.451. The maximum atomic E-state index is 5.95. The molecule has 0 N–H and O–H groups in total. The van der Waals surface area contributed by atoms with Crippen molar-refractivity contribution in [3.05, 3.63) is 0 Å². The van der Waals surface area contributed by atoms with Crippen LogP contribution in [0, 0.1) is 17.3 Å². The van der Waals surface area contributed by atoms with Gasteiger partial charge in [0.25, 0.3) is 0 Å². The van der Waals surface area contributed by atoms with E-state index >= 15 is 0 Å². The van der Waals surface area contributed by atoms with Crippen LogP contribution in [0.3, 0.4) is 0 Å². The fourth-order valence-electron chi connectivity index (χ4n) is 2.14. The van der Waals surface area contributed by atoms with E-state index in [9.17, 15) is 0 Å². The van der Waals surface area contributed by atoms with Gasteiger partial charge in [0.1, 0.15) is 0 Å². The summed E-state index contributed by atoms with van der Waals surface area (Å²) in [4.78, 5) is 0. The molecule has 1 aliphatic carbocycles. The van der Waals surface area contributed by atoms with Crippen molar-refractivity contribution in [2.75, 3.05) is 5.88 Å². The highest BCUT2D eigenvalue weighted by molar-refractivity contribution is 6.18. The molecule has 0 aliphatic heterocycles. The van der Waals surface area contributed by atoms with Crippen LogP contribution >= 0.6 is 11.6 Å². The molecule has 0 aromatic heterocycles. The van der Waals surface area contributed by atoms with Gasteiger partial charge < -0.3 is 0 Å². The largest absolute Gasteiger partial charge is 0.126 e. The van der Waals surface area contributed by atoms with Gasteiger partial charge in [0, 0.05) is 5.88 Å². The molecule has 1 aliphatic rings. The fourth-order valence-corrected chi connectivity index (χ4v) is 2.40. The van der Waals surface area contributed by atoms with Crippen molar-refractivity contribution < 1.29 is 0 Å². The van der Waals surface area contributed by atoms with Crippen LogP contribution in [0.1, 0.15) is 46.5 Å². The third kappa shape index (κ3) is 2.39. The first-order valence-corrected chi connectivity index (χ1v) is 5.67. The maximum Gasteiger partial charge on any atom is 0.0277 e. The highest BCUT2D eigenvalue weighted by atomic mass is 35.5. The molecule has 0 bridgehead atoms. The molecule has 0 nitrogen and oxygen atoms in total. The molecule has 0 unspecified atom stereocenters. The van der Waals surface area contributed by atoms with Crippen molar-refractivity contribution in [2.45, 2.75) is 46.5 Å². The van der Waals surface area contributed by atoms with E-state index in [0.717, 1.165) is 17.7 Å². The Bertz CT molecular complexity index is 132. The molecule has 0 spiro atoms. The minimum atomic E-state index is 0.451. The SMILES string of the molecule is CC(C)C1CCC(C)(CCl)CC1. The highest BCUT2D eigenvalue weighted by Gasteiger charge is 2.31. The lowest BCUT2D eigenvalue weighted by molar-refractivity contribution is 0.164. The second-order valence-electron chi connectivity index (χ2n) is 5.03. The van der Waals surface area contributed by atoms with E-state index < -0.39 is 0 Å². The maximum absolute atomic E-state index is 5.95. The van der Waals surface area contributed by atoms with E-state index in [0.29, 0.717) is 5.41 Å². The van der Waals surface area contributed by atoms with Crippen molar-refractivity contribution in [2.24, 2.45) is 17.3 Å². The molecule has 1 fully saturated rings. The summed E-state index contributed by atoms with van der Waals surface area (Å²) in [6, 6.07) is 0. The topological polar surface area (TPSA) is 0 Å². The first-order valence-electron chi connectivity index (χ1n) is 5.13. The van der Waals surface area contributed by atoms with Crippen LogP contribution in [0.25, 0.3) is 0 Å². The normalized spacial score (nSPS) is 37.2. The smallest absolute Gasteiger partial charge is 0.0277 e. The lowest BCUT2D eigenvalue weighted by atomic mass is 9.70. The van der Waals surface area contributed by atoms with E-state index in [1.54, 1.807) is 0 Å². The molecule has 0 heterocycles. The number of hydrogen-bond donors (Lipinski definition) is 0. The zero-order chi connectivity index (χ0) is 9.19. The first kappa shape index (κ1) is 10.4. The van der Waals surface area contributed by atoms with Gasteiger partial charge in [-0.2, -0.15) is 0 Å². The Morgan fingerprint density at radius 1 is 1.33 bits per heavy atom. The van der Waals surface area contributed by atoms with Gasteiger partial charge in [-0.1, -0.05) is 20.8 Å². The summed E-state index contributed by atoms with van der Waals surface area (Å²) in [5, 5.41) is 0. The predicted octanol–water partition coefficient (Wildman–Crippen LogP) is 4.08. The Hall–Kier alpha value is 0.290. The molecule has 0 radical (unpaired) electrons. The summed E-state index contributed by atoms with van der Waals surface area (Å²) in [6.07, 6.45) is 5.44. The average Bonchev–Trinajstić information content (AvgIpc) is 2.05. The number of rotatable bonds is 2. The summed E-state index contributed by atoms with van der Waals surface area (Å²) in [5.41, 5.74) is 0.451. The Morgan fingerprint density at radius 2 is 1.83 bits per heavy atom. The van der Waals surface area contributed by atoms with Crippen LogP contribution in [0.5, 0.6) is 0 Å².